The van der Waals surface area contributed by atoms with Crippen molar-refractivity contribution in [2.24, 2.45) is 5.73 Å². The second-order valence-corrected chi connectivity index (χ2v) is 2.36. The molecule has 2 nitrogen and oxygen atoms in total. The normalized spacial score (nSPS) is 12.5. The number of ether oxygens (including phenoxy) is 1. The van der Waals surface area contributed by atoms with Crippen molar-refractivity contribution < 1.29 is 4.74 Å². The van der Waals surface area contributed by atoms with Crippen LogP contribution in [0, 0.1) is 0 Å². The van der Waals surface area contributed by atoms with Crippen LogP contribution in [0.25, 0.3) is 0 Å². The third kappa shape index (κ3) is 5.50. The molecule has 0 aliphatic carbocycles. The van der Waals surface area contributed by atoms with Crippen molar-refractivity contribution in [3.05, 3.63) is 12.3 Å². The molecular weight excluding hydrogens is 102 g/mol. The van der Waals surface area contributed by atoms with E-state index in [0.29, 0.717) is 0 Å². The molecule has 0 aromatic rings. The summed E-state index contributed by atoms with van der Waals surface area (Å²) in [6.07, 6.45) is 3.38. The van der Waals surface area contributed by atoms with Gasteiger partial charge in [0.25, 0.3) is 0 Å². The van der Waals surface area contributed by atoms with Crippen molar-refractivity contribution in [3.8, 4) is 0 Å². The van der Waals surface area contributed by atoms with E-state index in [0.717, 1.165) is 0 Å². The summed E-state index contributed by atoms with van der Waals surface area (Å²) >= 11 is 0. The lowest BCUT2D eigenvalue weighted by molar-refractivity contribution is 0.333. The molecule has 2 N–H and O–H groups in total. The molecule has 0 saturated heterocycles. The van der Waals surface area contributed by atoms with Crippen LogP contribution >= 0.6 is 0 Å². The highest BCUT2D eigenvalue weighted by Crippen LogP contribution is 1.96. The Morgan fingerprint density at radius 3 is 2.12 bits per heavy atom. The summed E-state index contributed by atoms with van der Waals surface area (Å²) in [6, 6.07) is 0. The van der Waals surface area contributed by atoms with Crippen LogP contribution in [0.2, 0.25) is 0 Å². The Balaban J connectivity index is 3.52. The molecule has 0 bridgehead atoms. The molecule has 0 spiro atoms. The molecular formula is C6H13NO. The SMILES string of the molecule is COC=CC(C)(C)N. The Morgan fingerprint density at radius 2 is 2.00 bits per heavy atom. The van der Waals surface area contributed by atoms with E-state index in [-0.39, 0.29) is 5.54 Å². The molecule has 0 aromatic carbocycles. The first-order chi connectivity index (χ1) is 3.56. The van der Waals surface area contributed by atoms with E-state index in [2.05, 4.69) is 4.74 Å². The summed E-state index contributed by atoms with van der Waals surface area (Å²) in [5, 5.41) is 0. The van der Waals surface area contributed by atoms with Gasteiger partial charge in [0.15, 0.2) is 0 Å². The molecule has 2 heteroatoms. The summed E-state index contributed by atoms with van der Waals surface area (Å²) in [4.78, 5) is 0. The number of nitrogens with two attached hydrogens (primary N) is 1. The van der Waals surface area contributed by atoms with Crippen LogP contribution in [0.4, 0.5) is 0 Å². The van der Waals surface area contributed by atoms with Crippen molar-refractivity contribution >= 4 is 0 Å². The van der Waals surface area contributed by atoms with Gasteiger partial charge in [-0.1, -0.05) is 0 Å². The molecule has 0 aromatic heterocycles. The molecule has 8 heavy (non-hydrogen) atoms. The fourth-order valence-electron chi connectivity index (χ4n) is 0.243. The Hall–Kier alpha value is -0.500. The molecule has 48 valence electrons. The van der Waals surface area contributed by atoms with Crippen LogP contribution < -0.4 is 5.73 Å². The van der Waals surface area contributed by atoms with Crippen LogP contribution in [-0.2, 0) is 4.74 Å². The molecule has 0 unspecified atom stereocenters. The fraction of sp³-hybridized carbons (Fsp3) is 0.667. The number of methoxy groups -OCH3 is 1. The summed E-state index contributed by atoms with van der Waals surface area (Å²) < 4.78 is 4.66. The quantitative estimate of drug-likeness (QED) is 0.542. The minimum atomic E-state index is -0.254. The molecule has 0 aliphatic heterocycles. The predicted molar refractivity (Wildman–Crippen MR) is 34.4 cm³/mol. The number of rotatable bonds is 2. The van der Waals surface area contributed by atoms with Gasteiger partial charge in [0, 0.05) is 5.54 Å². The Morgan fingerprint density at radius 1 is 1.50 bits per heavy atom. The summed E-state index contributed by atoms with van der Waals surface area (Å²) in [5.74, 6) is 0. The van der Waals surface area contributed by atoms with E-state index in [4.69, 9.17) is 5.73 Å². The number of hydrogen-bond donors (Lipinski definition) is 1. The zero-order chi connectivity index (χ0) is 6.62. The lowest BCUT2D eigenvalue weighted by Gasteiger charge is -2.10. The predicted octanol–water partition coefficient (Wildman–Crippen LogP) is 0.884. The molecule has 0 heterocycles. The van der Waals surface area contributed by atoms with E-state index < -0.39 is 0 Å². The first-order valence-corrected chi connectivity index (χ1v) is 2.55. The molecule has 0 saturated carbocycles. The van der Waals surface area contributed by atoms with E-state index in [1.807, 2.05) is 13.8 Å². The van der Waals surface area contributed by atoms with Gasteiger partial charge in [-0.2, -0.15) is 0 Å². The Bertz CT molecular complexity index is 81.0. The maximum atomic E-state index is 5.55. The van der Waals surface area contributed by atoms with Crippen LogP contribution in [0.1, 0.15) is 13.8 Å². The molecule has 0 fully saturated rings. The van der Waals surface area contributed by atoms with Crippen molar-refractivity contribution in [3.63, 3.8) is 0 Å². The molecule has 0 rings (SSSR count). The van der Waals surface area contributed by atoms with E-state index in [9.17, 15) is 0 Å². The van der Waals surface area contributed by atoms with Gasteiger partial charge in [0.2, 0.25) is 0 Å². The number of hydrogen-bond acceptors (Lipinski definition) is 2. The first-order valence-electron chi connectivity index (χ1n) is 2.55. The van der Waals surface area contributed by atoms with E-state index >= 15 is 0 Å². The van der Waals surface area contributed by atoms with Gasteiger partial charge in [-0.05, 0) is 19.9 Å². The minimum Gasteiger partial charge on any atom is -0.505 e. The maximum Gasteiger partial charge on any atom is 0.0802 e. The van der Waals surface area contributed by atoms with Crippen LogP contribution in [0.5, 0.6) is 0 Å². The highest BCUT2D eigenvalue weighted by molar-refractivity contribution is 4.94. The second-order valence-electron chi connectivity index (χ2n) is 2.36. The molecule has 0 amide bonds. The second kappa shape index (κ2) is 2.72. The van der Waals surface area contributed by atoms with Gasteiger partial charge >= 0.3 is 0 Å². The first kappa shape index (κ1) is 7.50. The molecule has 0 aliphatic rings. The lowest BCUT2D eigenvalue weighted by Crippen LogP contribution is -2.28. The van der Waals surface area contributed by atoms with Crippen molar-refractivity contribution in [1.29, 1.82) is 0 Å². The van der Waals surface area contributed by atoms with Crippen LogP contribution in [-0.4, -0.2) is 12.6 Å². The van der Waals surface area contributed by atoms with E-state index in [1.54, 1.807) is 19.4 Å². The fourth-order valence-corrected chi connectivity index (χ4v) is 0.243. The third-order valence-corrected chi connectivity index (χ3v) is 0.634. The maximum absolute atomic E-state index is 5.55. The van der Waals surface area contributed by atoms with Crippen LogP contribution in [0.3, 0.4) is 0 Å². The molecule has 0 radical (unpaired) electrons. The third-order valence-electron chi connectivity index (χ3n) is 0.634. The van der Waals surface area contributed by atoms with Gasteiger partial charge in [0.05, 0.1) is 13.4 Å². The van der Waals surface area contributed by atoms with Crippen molar-refractivity contribution in [1.82, 2.24) is 0 Å². The minimum absolute atomic E-state index is 0.254. The topological polar surface area (TPSA) is 35.2 Å². The average molecular weight is 115 g/mol. The highest BCUT2D eigenvalue weighted by atomic mass is 16.5. The zero-order valence-electron chi connectivity index (χ0n) is 5.64. The van der Waals surface area contributed by atoms with Crippen LogP contribution in [0.15, 0.2) is 12.3 Å². The highest BCUT2D eigenvalue weighted by Gasteiger charge is 2.02. The average Bonchev–Trinajstić information content (AvgIpc) is 1.59. The smallest absolute Gasteiger partial charge is 0.0802 e. The van der Waals surface area contributed by atoms with Gasteiger partial charge in [0.1, 0.15) is 0 Å². The van der Waals surface area contributed by atoms with Gasteiger partial charge in [-0.3, -0.25) is 0 Å². The van der Waals surface area contributed by atoms with E-state index in [1.165, 1.54) is 0 Å². The standard InChI is InChI=1S/C6H13NO/c1-6(2,7)4-5-8-3/h4-5H,7H2,1-3H3. The Kier molecular flexibility index (Phi) is 2.55. The molecule has 0 atom stereocenters. The van der Waals surface area contributed by atoms with Crippen molar-refractivity contribution in [2.75, 3.05) is 7.11 Å². The summed E-state index contributed by atoms with van der Waals surface area (Å²) in [5.41, 5.74) is 5.30. The van der Waals surface area contributed by atoms with Crippen molar-refractivity contribution in [2.45, 2.75) is 19.4 Å². The largest absolute Gasteiger partial charge is 0.505 e. The zero-order valence-corrected chi connectivity index (χ0v) is 5.64. The monoisotopic (exact) mass is 115 g/mol. The van der Waals surface area contributed by atoms with Gasteiger partial charge < -0.3 is 10.5 Å². The van der Waals surface area contributed by atoms with Gasteiger partial charge in [-0.25, -0.2) is 0 Å². The lowest BCUT2D eigenvalue weighted by atomic mass is 10.1. The summed E-state index contributed by atoms with van der Waals surface area (Å²) in [7, 11) is 1.60. The van der Waals surface area contributed by atoms with Gasteiger partial charge in [-0.15, -0.1) is 0 Å². The summed E-state index contributed by atoms with van der Waals surface area (Å²) in [6.45, 7) is 3.81. The Labute approximate surface area is 50.3 Å².